The first-order valence-electron chi connectivity index (χ1n) is 7.43. The predicted molar refractivity (Wildman–Crippen MR) is 99.9 cm³/mol. The van der Waals surface area contributed by atoms with Crippen LogP contribution in [0.2, 0.25) is 0 Å². The maximum atomic E-state index is 5.60. The molecule has 0 spiro atoms. The van der Waals surface area contributed by atoms with Gasteiger partial charge in [0.25, 0.3) is 0 Å². The molecule has 1 nitrogen and oxygen atoms in total. The van der Waals surface area contributed by atoms with Crippen LogP contribution in [0, 0.1) is 12.1 Å². The van der Waals surface area contributed by atoms with Crippen molar-refractivity contribution in [2.45, 2.75) is 11.4 Å². The average molecular weight is 543 g/mol. The fraction of sp³-hybridized carbons (Fsp3) is 0.100. The molecule has 2 aliphatic carbocycles. The Morgan fingerprint density at radius 2 is 1.85 bits per heavy atom. The molecule has 0 aromatic heterocycles. The van der Waals surface area contributed by atoms with Crippen LogP contribution in [-0.4, -0.2) is 5.01 Å². The van der Waals surface area contributed by atoms with Crippen LogP contribution in [0.15, 0.2) is 54.1 Å². The molecule has 2 aromatic rings. The fourth-order valence-electron chi connectivity index (χ4n) is 2.81. The second kappa shape index (κ2) is 11.5. The first-order chi connectivity index (χ1) is 11.8. The maximum absolute atomic E-state index is 5.60. The summed E-state index contributed by atoms with van der Waals surface area (Å²) in [5.74, 6) is 0.980. The summed E-state index contributed by atoms with van der Waals surface area (Å²) in [6.07, 6.45) is 9.54. The third kappa shape index (κ3) is 5.33. The van der Waals surface area contributed by atoms with Gasteiger partial charge in [-0.15, -0.1) is 83.1 Å². The van der Waals surface area contributed by atoms with Crippen LogP contribution in [0.1, 0.15) is 11.1 Å². The molecule has 3 aliphatic rings. The molecule has 0 bridgehead atoms. The van der Waals surface area contributed by atoms with E-state index in [1.54, 1.807) is 0 Å². The summed E-state index contributed by atoms with van der Waals surface area (Å²) < 4.78 is 5.60. The Morgan fingerprint density at radius 1 is 1.12 bits per heavy atom. The van der Waals surface area contributed by atoms with Crippen molar-refractivity contribution < 1.29 is 52.2 Å². The smallest absolute Gasteiger partial charge is 0.0528 e. The van der Waals surface area contributed by atoms with Crippen molar-refractivity contribution in [2.75, 3.05) is 0 Å². The monoisotopic (exact) mass is 540 g/mol. The molecule has 132 valence electrons. The zero-order valence-corrected chi connectivity index (χ0v) is 19.9. The molecule has 1 unspecified atom stereocenters. The van der Waals surface area contributed by atoms with Crippen LogP contribution in [0.3, 0.4) is 0 Å². The third-order valence-electron chi connectivity index (χ3n) is 3.84. The van der Waals surface area contributed by atoms with Crippen molar-refractivity contribution in [2.24, 2.45) is 0 Å². The molecule has 5 rings (SSSR count). The van der Waals surface area contributed by atoms with Gasteiger partial charge in [-0.1, -0.05) is 11.6 Å². The summed E-state index contributed by atoms with van der Waals surface area (Å²) in [5, 5.41) is 2.31. The van der Waals surface area contributed by atoms with Crippen LogP contribution in [0.25, 0.3) is 17.9 Å². The van der Waals surface area contributed by atoms with Crippen molar-refractivity contribution in [1.82, 2.24) is 0 Å². The SMILES string of the molecule is BrC1C=C2C=c3[c-]cccc3=C2O1.[Cl-].[Cl-].[S]=[Zr+2].[c-]1cccc2c1C=CC2. The number of fused-ring (bicyclic) bond motifs is 3. The van der Waals surface area contributed by atoms with E-state index in [4.69, 9.17) is 4.74 Å². The van der Waals surface area contributed by atoms with E-state index in [0.717, 1.165) is 45.3 Å². The van der Waals surface area contributed by atoms with Gasteiger partial charge < -0.3 is 29.6 Å². The quantitative estimate of drug-likeness (QED) is 0.275. The van der Waals surface area contributed by atoms with E-state index in [2.05, 4.69) is 73.4 Å². The topological polar surface area (TPSA) is 9.23 Å². The van der Waals surface area contributed by atoms with Gasteiger partial charge >= 0.3 is 31.5 Å². The van der Waals surface area contributed by atoms with Gasteiger partial charge in [0, 0.05) is 0 Å². The van der Waals surface area contributed by atoms with E-state index in [1.165, 1.54) is 16.7 Å². The summed E-state index contributed by atoms with van der Waals surface area (Å²) in [7, 11) is 4.17. The van der Waals surface area contributed by atoms with E-state index >= 15 is 0 Å². The van der Waals surface area contributed by atoms with Crippen molar-refractivity contribution in [3.63, 3.8) is 0 Å². The van der Waals surface area contributed by atoms with Gasteiger partial charge in [-0.25, -0.2) is 0 Å². The van der Waals surface area contributed by atoms with Crippen LogP contribution in [0.4, 0.5) is 0 Å². The number of hydrogen-bond acceptors (Lipinski definition) is 2. The molecule has 0 radical (unpaired) electrons. The number of allylic oxidation sites excluding steroid dienone is 1. The minimum Gasteiger partial charge on any atom is -0.147 e. The summed E-state index contributed by atoms with van der Waals surface area (Å²) in [5.41, 5.74) is 3.83. The number of benzene rings is 2. The van der Waals surface area contributed by atoms with Gasteiger partial charge in [0.15, 0.2) is 5.01 Å². The van der Waals surface area contributed by atoms with E-state index in [1.807, 2.05) is 24.3 Å². The molecule has 26 heavy (non-hydrogen) atoms. The van der Waals surface area contributed by atoms with E-state index < -0.39 is 0 Å². The normalized spacial score (nSPS) is 16.5. The van der Waals surface area contributed by atoms with Gasteiger partial charge in [-0.2, -0.15) is 0 Å². The molecule has 2 aromatic carbocycles. The molecule has 1 aliphatic heterocycles. The third-order valence-corrected chi connectivity index (χ3v) is 4.29. The molecule has 1 atom stereocenters. The molecule has 0 N–H and O–H groups in total. The van der Waals surface area contributed by atoms with Crippen molar-refractivity contribution in [3.05, 3.63) is 87.8 Å². The van der Waals surface area contributed by atoms with Gasteiger partial charge in [0.1, 0.15) is 0 Å². The minimum absolute atomic E-state index is 0. The fourth-order valence-corrected chi connectivity index (χ4v) is 3.28. The Bertz CT molecular complexity index is 943. The average Bonchev–Trinajstić information content (AvgIpc) is 3.31. The molecule has 0 saturated carbocycles. The van der Waals surface area contributed by atoms with Gasteiger partial charge in [0.2, 0.25) is 0 Å². The number of alkyl halides is 1. The van der Waals surface area contributed by atoms with Crippen LogP contribution < -0.4 is 35.3 Å². The van der Waals surface area contributed by atoms with E-state index in [9.17, 15) is 0 Å². The Balaban J connectivity index is 0.000000232. The Labute approximate surface area is 192 Å². The molecule has 1 heterocycles. The molecular weight excluding hydrogens is 530 g/mol. The van der Waals surface area contributed by atoms with Gasteiger partial charge in [0.05, 0.1) is 5.76 Å². The van der Waals surface area contributed by atoms with Crippen molar-refractivity contribution >= 4 is 42.7 Å². The number of hydrogen-bond donors (Lipinski definition) is 0. The minimum atomic E-state index is 0. The summed E-state index contributed by atoms with van der Waals surface area (Å²) in [4.78, 5) is 0. The van der Waals surface area contributed by atoms with E-state index in [0.29, 0.717) is 0 Å². The Hall–Kier alpha value is -0.377. The Morgan fingerprint density at radius 3 is 2.62 bits per heavy atom. The van der Waals surface area contributed by atoms with Crippen LogP contribution in [0.5, 0.6) is 0 Å². The molecular formula is C20H13BrCl2OSZr-2. The summed E-state index contributed by atoms with van der Waals surface area (Å²) >= 11 is 4.53. The van der Waals surface area contributed by atoms with Gasteiger partial charge in [-0.3, -0.25) is 0 Å². The number of ether oxygens (including phenoxy) is 1. The first kappa shape index (κ1) is 23.7. The molecule has 0 saturated heterocycles. The summed E-state index contributed by atoms with van der Waals surface area (Å²) in [6, 6.07) is 18.4. The van der Waals surface area contributed by atoms with E-state index in [-0.39, 0.29) is 29.8 Å². The standard InChI is InChI=1S/C11H6BrO.C9H7.2ClH.S.Zr/c12-10-6-8-5-7-3-1-2-4-9(7)11(8)13-10;1-2-5-9-7-3-6-8(9)4-1;;;;/h1-2,4-6,10H;1-4,7H,6H2;2*1H;;/q2*-1;;;;+2/p-2. The zero-order valence-electron chi connectivity index (χ0n) is 13.5. The van der Waals surface area contributed by atoms with Crippen LogP contribution in [-0.2, 0) is 33.8 Å². The second-order valence-electron chi connectivity index (χ2n) is 5.28. The number of halogens is 3. The second-order valence-corrected chi connectivity index (χ2v) is 6.18. The van der Waals surface area contributed by atoms with Gasteiger partial charge in [-0.05, 0) is 27.6 Å². The van der Waals surface area contributed by atoms with Crippen LogP contribution >= 0.6 is 24.8 Å². The van der Waals surface area contributed by atoms with Crippen molar-refractivity contribution in [1.29, 1.82) is 0 Å². The number of rotatable bonds is 0. The summed E-state index contributed by atoms with van der Waals surface area (Å²) in [6.45, 7) is 0. The van der Waals surface area contributed by atoms with Crippen molar-refractivity contribution in [3.8, 4) is 0 Å². The zero-order chi connectivity index (χ0) is 16.9. The maximum Gasteiger partial charge on any atom is -0.0528 e. The molecule has 6 heteroatoms. The Kier molecular flexibility index (Phi) is 10.4. The largest absolute Gasteiger partial charge is 0.147 e. The molecule has 0 amide bonds. The molecule has 0 fully saturated rings. The predicted octanol–water partition coefficient (Wildman–Crippen LogP) is -2.22. The first-order valence-corrected chi connectivity index (χ1v) is 11.8.